The lowest BCUT2D eigenvalue weighted by Crippen LogP contribution is -2.22. The van der Waals surface area contributed by atoms with Gasteiger partial charge in [0.05, 0.1) is 11.3 Å². The normalized spacial score (nSPS) is 10.7. The number of anilines is 1. The van der Waals surface area contributed by atoms with Gasteiger partial charge in [-0.3, -0.25) is 9.78 Å². The number of aromatic nitrogens is 1. The van der Waals surface area contributed by atoms with Crippen molar-refractivity contribution in [2.75, 3.05) is 11.9 Å². The average Bonchev–Trinajstić information content (AvgIpc) is 2.90. The van der Waals surface area contributed by atoms with Gasteiger partial charge in [0, 0.05) is 30.7 Å². The van der Waals surface area contributed by atoms with Crippen molar-refractivity contribution in [3.8, 4) is 0 Å². The van der Waals surface area contributed by atoms with Crippen LogP contribution in [0.4, 0.5) is 5.69 Å². The molecule has 0 spiro atoms. The molecule has 106 valence electrons. The zero-order valence-corrected chi connectivity index (χ0v) is 12.4. The minimum Gasteiger partial charge on any atom is -0.369 e. The molecule has 5 heteroatoms. The number of nitrogens with two attached hydrogens (primary N) is 1. The van der Waals surface area contributed by atoms with Gasteiger partial charge in [-0.2, -0.15) is 0 Å². The van der Waals surface area contributed by atoms with E-state index in [-0.39, 0.29) is 0 Å². The zero-order chi connectivity index (χ0) is 14.8. The van der Waals surface area contributed by atoms with Crippen molar-refractivity contribution in [1.29, 1.82) is 0 Å². The lowest BCUT2D eigenvalue weighted by Gasteiger charge is -2.21. The molecular formula is C16H15N3OS. The van der Waals surface area contributed by atoms with Crippen molar-refractivity contribution >= 4 is 33.0 Å². The largest absolute Gasteiger partial charge is 0.369 e. The number of pyridine rings is 1. The summed E-state index contributed by atoms with van der Waals surface area (Å²) in [6.45, 7) is 0.717. The second-order valence-electron chi connectivity index (χ2n) is 4.87. The standard InChI is InChI=1S/C16H15N3OS/c1-19(14-6-7-18-8-13(14)16(17)20)9-11-10-21-15-5-3-2-4-12(11)15/h2-8,10H,9H2,1H3,(H2,17,20). The summed E-state index contributed by atoms with van der Waals surface area (Å²) in [5, 5.41) is 3.41. The summed E-state index contributed by atoms with van der Waals surface area (Å²) < 4.78 is 1.27. The Morgan fingerprint density at radius 1 is 1.33 bits per heavy atom. The van der Waals surface area contributed by atoms with E-state index in [1.807, 2.05) is 30.1 Å². The quantitative estimate of drug-likeness (QED) is 0.805. The number of carbonyl (C=O) groups excluding carboxylic acids is 1. The number of benzene rings is 1. The number of primary amides is 1. The lowest BCUT2D eigenvalue weighted by atomic mass is 10.1. The van der Waals surface area contributed by atoms with Gasteiger partial charge in [0.1, 0.15) is 0 Å². The third-order valence-corrected chi connectivity index (χ3v) is 4.46. The van der Waals surface area contributed by atoms with Crippen LogP contribution in [0.25, 0.3) is 10.1 Å². The van der Waals surface area contributed by atoms with Crippen molar-refractivity contribution in [3.05, 3.63) is 59.2 Å². The molecule has 0 unspecified atom stereocenters. The fraction of sp³-hybridized carbons (Fsp3) is 0.125. The van der Waals surface area contributed by atoms with Crippen molar-refractivity contribution in [1.82, 2.24) is 4.98 Å². The molecule has 0 radical (unpaired) electrons. The number of hydrogen-bond acceptors (Lipinski definition) is 4. The predicted molar refractivity (Wildman–Crippen MR) is 86.7 cm³/mol. The smallest absolute Gasteiger partial charge is 0.252 e. The number of amides is 1. The Kier molecular flexibility index (Phi) is 3.58. The van der Waals surface area contributed by atoms with Gasteiger partial charge in [0.2, 0.25) is 0 Å². The molecule has 0 bridgehead atoms. The third kappa shape index (κ3) is 2.60. The van der Waals surface area contributed by atoms with E-state index in [2.05, 4.69) is 22.5 Å². The molecule has 0 atom stereocenters. The van der Waals surface area contributed by atoms with Crippen molar-refractivity contribution in [2.24, 2.45) is 5.73 Å². The van der Waals surface area contributed by atoms with E-state index in [4.69, 9.17) is 5.73 Å². The first-order valence-corrected chi connectivity index (χ1v) is 7.45. The second-order valence-corrected chi connectivity index (χ2v) is 5.78. The fourth-order valence-corrected chi connectivity index (χ4v) is 3.36. The van der Waals surface area contributed by atoms with Gasteiger partial charge in [-0.15, -0.1) is 11.3 Å². The molecule has 0 fully saturated rings. The maximum atomic E-state index is 11.5. The Morgan fingerprint density at radius 3 is 2.95 bits per heavy atom. The molecule has 0 saturated carbocycles. The molecule has 4 nitrogen and oxygen atoms in total. The zero-order valence-electron chi connectivity index (χ0n) is 11.6. The summed E-state index contributed by atoms with van der Waals surface area (Å²) in [5.74, 6) is -0.458. The van der Waals surface area contributed by atoms with Crippen LogP contribution < -0.4 is 10.6 Å². The minimum atomic E-state index is -0.458. The number of fused-ring (bicyclic) bond motifs is 1. The topological polar surface area (TPSA) is 59.2 Å². The molecule has 2 aromatic heterocycles. The number of nitrogens with zero attached hydrogens (tertiary/aromatic N) is 2. The van der Waals surface area contributed by atoms with E-state index in [9.17, 15) is 4.79 Å². The summed E-state index contributed by atoms with van der Waals surface area (Å²) in [5.41, 5.74) is 7.90. The molecule has 3 aromatic rings. The SMILES string of the molecule is CN(Cc1csc2ccccc12)c1ccncc1C(N)=O. The first-order chi connectivity index (χ1) is 10.2. The Morgan fingerprint density at radius 2 is 2.14 bits per heavy atom. The van der Waals surface area contributed by atoms with Crippen LogP contribution in [0.1, 0.15) is 15.9 Å². The highest BCUT2D eigenvalue weighted by Crippen LogP contribution is 2.28. The van der Waals surface area contributed by atoms with Gasteiger partial charge in [0.15, 0.2) is 0 Å². The van der Waals surface area contributed by atoms with Gasteiger partial charge in [-0.25, -0.2) is 0 Å². The molecule has 0 saturated heterocycles. The maximum Gasteiger partial charge on any atom is 0.252 e. The molecular weight excluding hydrogens is 282 g/mol. The molecule has 1 amide bonds. The molecule has 21 heavy (non-hydrogen) atoms. The van der Waals surface area contributed by atoms with Crippen molar-refractivity contribution in [3.63, 3.8) is 0 Å². The fourth-order valence-electron chi connectivity index (χ4n) is 2.41. The molecule has 1 aromatic carbocycles. The van der Waals surface area contributed by atoms with Crippen LogP contribution in [0.5, 0.6) is 0 Å². The van der Waals surface area contributed by atoms with Crippen LogP contribution >= 0.6 is 11.3 Å². The van der Waals surface area contributed by atoms with E-state index in [0.717, 1.165) is 5.69 Å². The number of thiophene rings is 1. The summed E-state index contributed by atoms with van der Waals surface area (Å²) in [6.07, 6.45) is 3.18. The van der Waals surface area contributed by atoms with E-state index in [1.54, 1.807) is 17.5 Å². The van der Waals surface area contributed by atoms with Gasteiger partial charge in [0.25, 0.3) is 5.91 Å². The third-order valence-electron chi connectivity index (χ3n) is 3.44. The lowest BCUT2D eigenvalue weighted by molar-refractivity contribution is 0.100. The maximum absolute atomic E-state index is 11.5. The van der Waals surface area contributed by atoms with Gasteiger partial charge in [-0.1, -0.05) is 18.2 Å². The molecule has 3 rings (SSSR count). The Hall–Kier alpha value is -2.40. The first-order valence-electron chi connectivity index (χ1n) is 6.57. The van der Waals surface area contributed by atoms with E-state index < -0.39 is 5.91 Å². The van der Waals surface area contributed by atoms with Crippen LogP contribution in [0.3, 0.4) is 0 Å². The van der Waals surface area contributed by atoms with Crippen LogP contribution in [-0.2, 0) is 6.54 Å². The number of rotatable bonds is 4. The Bertz CT molecular complexity index is 797. The Balaban J connectivity index is 1.93. The van der Waals surface area contributed by atoms with Crippen molar-refractivity contribution in [2.45, 2.75) is 6.54 Å². The van der Waals surface area contributed by atoms with Crippen molar-refractivity contribution < 1.29 is 4.79 Å². The highest BCUT2D eigenvalue weighted by Gasteiger charge is 2.13. The molecule has 0 aliphatic rings. The van der Waals surface area contributed by atoms with Gasteiger partial charge >= 0.3 is 0 Å². The average molecular weight is 297 g/mol. The highest BCUT2D eigenvalue weighted by atomic mass is 32.1. The van der Waals surface area contributed by atoms with Gasteiger partial charge < -0.3 is 10.6 Å². The van der Waals surface area contributed by atoms with Crippen LogP contribution in [0.15, 0.2) is 48.1 Å². The highest BCUT2D eigenvalue weighted by molar-refractivity contribution is 7.17. The summed E-state index contributed by atoms with van der Waals surface area (Å²) in [7, 11) is 1.95. The summed E-state index contributed by atoms with van der Waals surface area (Å²) in [6, 6.07) is 10.1. The minimum absolute atomic E-state index is 0.444. The number of carbonyl (C=O) groups is 1. The summed E-state index contributed by atoms with van der Waals surface area (Å²) in [4.78, 5) is 17.5. The Labute approximate surface area is 126 Å². The van der Waals surface area contributed by atoms with Crippen LogP contribution in [-0.4, -0.2) is 17.9 Å². The number of hydrogen-bond donors (Lipinski definition) is 1. The summed E-state index contributed by atoms with van der Waals surface area (Å²) >= 11 is 1.73. The molecule has 0 aliphatic heterocycles. The molecule has 2 heterocycles. The monoisotopic (exact) mass is 297 g/mol. The predicted octanol–water partition coefficient (Wildman–Crippen LogP) is 3.03. The second kappa shape index (κ2) is 5.54. The van der Waals surface area contributed by atoms with E-state index in [0.29, 0.717) is 12.1 Å². The molecule has 0 aliphatic carbocycles. The van der Waals surface area contributed by atoms with Gasteiger partial charge in [-0.05, 0) is 28.5 Å². The van der Waals surface area contributed by atoms with E-state index >= 15 is 0 Å². The van der Waals surface area contributed by atoms with Crippen LogP contribution in [0, 0.1) is 0 Å². The molecule has 2 N–H and O–H groups in total. The van der Waals surface area contributed by atoms with E-state index in [1.165, 1.54) is 21.8 Å². The first kappa shape index (κ1) is 13.6. The van der Waals surface area contributed by atoms with Crippen LogP contribution in [0.2, 0.25) is 0 Å².